The van der Waals surface area contributed by atoms with E-state index >= 15 is 0 Å². The van der Waals surface area contributed by atoms with Crippen molar-refractivity contribution in [2.24, 2.45) is 5.92 Å². The first-order chi connectivity index (χ1) is 11.3. The zero-order valence-corrected chi connectivity index (χ0v) is 14.5. The summed E-state index contributed by atoms with van der Waals surface area (Å²) in [5, 5.41) is 9.83. The number of sulfonamides is 1. The van der Waals surface area contributed by atoms with Gasteiger partial charge in [0.2, 0.25) is 10.0 Å². The van der Waals surface area contributed by atoms with Gasteiger partial charge in [-0.15, -0.1) is 0 Å². The van der Waals surface area contributed by atoms with E-state index < -0.39 is 21.9 Å². The monoisotopic (exact) mass is 348 g/mol. The van der Waals surface area contributed by atoms with Crippen molar-refractivity contribution < 1.29 is 18.3 Å². The van der Waals surface area contributed by atoms with Crippen molar-refractivity contribution in [2.75, 3.05) is 6.54 Å². The molecular weight excluding hydrogens is 328 g/mol. The molecular formula is C17H20N2O4S. The summed E-state index contributed by atoms with van der Waals surface area (Å²) in [6.45, 7) is 3.72. The zero-order valence-electron chi connectivity index (χ0n) is 13.6. The third-order valence-electron chi connectivity index (χ3n) is 4.69. The van der Waals surface area contributed by atoms with Crippen molar-refractivity contribution in [1.82, 2.24) is 9.29 Å². The number of carbonyl (C=O) groups is 1. The Kier molecular flexibility index (Phi) is 4.31. The molecule has 2 unspecified atom stereocenters. The predicted molar refractivity (Wildman–Crippen MR) is 90.2 cm³/mol. The summed E-state index contributed by atoms with van der Waals surface area (Å²) in [4.78, 5) is 15.8. The normalized spacial score (nSPS) is 22.6. The van der Waals surface area contributed by atoms with Gasteiger partial charge in [0, 0.05) is 24.2 Å². The minimum absolute atomic E-state index is 0.00840. The van der Waals surface area contributed by atoms with Gasteiger partial charge in [0.1, 0.15) is 0 Å². The highest BCUT2D eigenvalue weighted by Crippen LogP contribution is 2.32. The molecule has 0 saturated carbocycles. The number of rotatable bonds is 3. The van der Waals surface area contributed by atoms with Gasteiger partial charge >= 0.3 is 5.97 Å². The third kappa shape index (κ3) is 2.78. The topological polar surface area (TPSA) is 87.6 Å². The SMILES string of the molecule is Cc1ccc(S(=O)(=O)N2CC(C(=O)O)CCC2C)c2cccnc12. The summed E-state index contributed by atoms with van der Waals surface area (Å²) < 4.78 is 27.7. The Morgan fingerprint density at radius 3 is 2.75 bits per heavy atom. The van der Waals surface area contributed by atoms with Gasteiger partial charge in [0.25, 0.3) is 0 Å². The molecule has 1 aliphatic heterocycles. The number of aryl methyl sites for hydroxylation is 1. The van der Waals surface area contributed by atoms with Crippen LogP contribution in [0.4, 0.5) is 0 Å². The molecule has 2 aromatic rings. The average molecular weight is 348 g/mol. The molecule has 1 fully saturated rings. The molecule has 0 spiro atoms. The highest BCUT2D eigenvalue weighted by molar-refractivity contribution is 7.89. The van der Waals surface area contributed by atoms with Crippen molar-refractivity contribution >= 4 is 26.9 Å². The Balaban J connectivity index is 2.11. The van der Waals surface area contributed by atoms with Crippen molar-refractivity contribution in [3.05, 3.63) is 36.0 Å². The molecule has 2 atom stereocenters. The number of fused-ring (bicyclic) bond motifs is 1. The van der Waals surface area contributed by atoms with Gasteiger partial charge in [-0.1, -0.05) is 6.07 Å². The van der Waals surface area contributed by atoms with Crippen molar-refractivity contribution in [1.29, 1.82) is 0 Å². The molecule has 7 heteroatoms. The second-order valence-corrected chi connectivity index (χ2v) is 8.18. The van der Waals surface area contributed by atoms with Crippen LogP contribution in [-0.2, 0) is 14.8 Å². The highest BCUT2D eigenvalue weighted by Gasteiger charge is 2.38. The summed E-state index contributed by atoms with van der Waals surface area (Å²) in [5.41, 5.74) is 1.55. The molecule has 1 aliphatic rings. The summed E-state index contributed by atoms with van der Waals surface area (Å²) in [6.07, 6.45) is 2.67. The van der Waals surface area contributed by atoms with Crippen LogP contribution in [0.2, 0.25) is 0 Å². The first-order valence-electron chi connectivity index (χ1n) is 7.91. The van der Waals surface area contributed by atoms with E-state index in [0.29, 0.717) is 23.7 Å². The van der Waals surface area contributed by atoms with Gasteiger partial charge in [-0.3, -0.25) is 9.78 Å². The van der Waals surface area contributed by atoms with Crippen LogP contribution in [0.15, 0.2) is 35.4 Å². The van der Waals surface area contributed by atoms with Crippen LogP contribution in [0.1, 0.15) is 25.3 Å². The molecule has 0 aliphatic carbocycles. The van der Waals surface area contributed by atoms with Gasteiger partial charge < -0.3 is 5.11 Å². The van der Waals surface area contributed by atoms with E-state index in [-0.39, 0.29) is 17.5 Å². The van der Waals surface area contributed by atoms with Crippen LogP contribution in [-0.4, -0.2) is 41.4 Å². The molecule has 0 amide bonds. The molecule has 1 N–H and O–H groups in total. The quantitative estimate of drug-likeness (QED) is 0.920. The van der Waals surface area contributed by atoms with Gasteiger partial charge in [0.15, 0.2) is 0 Å². The Morgan fingerprint density at radius 1 is 1.29 bits per heavy atom. The number of aliphatic carboxylic acids is 1. The maximum absolute atomic E-state index is 13.2. The lowest BCUT2D eigenvalue weighted by molar-refractivity contribution is -0.143. The largest absolute Gasteiger partial charge is 0.481 e. The number of hydrogen-bond donors (Lipinski definition) is 1. The summed E-state index contributed by atoms with van der Waals surface area (Å²) in [5.74, 6) is -1.61. The lowest BCUT2D eigenvalue weighted by Gasteiger charge is -2.35. The van der Waals surface area contributed by atoms with Crippen LogP contribution >= 0.6 is 0 Å². The molecule has 6 nitrogen and oxygen atoms in total. The summed E-state index contributed by atoms with van der Waals surface area (Å²) >= 11 is 0. The average Bonchev–Trinajstić information content (AvgIpc) is 2.55. The molecule has 0 radical (unpaired) electrons. The summed E-state index contributed by atoms with van der Waals surface area (Å²) in [7, 11) is -3.79. The van der Waals surface area contributed by atoms with E-state index in [9.17, 15) is 18.3 Å². The number of pyridine rings is 1. The van der Waals surface area contributed by atoms with E-state index in [4.69, 9.17) is 0 Å². The van der Waals surface area contributed by atoms with Crippen LogP contribution in [0, 0.1) is 12.8 Å². The Hall–Kier alpha value is -1.99. The van der Waals surface area contributed by atoms with Crippen molar-refractivity contribution in [2.45, 2.75) is 37.6 Å². The van der Waals surface area contributed by atoms with Gasteiger partial charge in [-0.05, 0) is 50.5 Å². The maximum Gasteiger partial charge on any atom is 0.307 e. The first-order valence-corrected chi connectivity index (χ1v) is 9.35. The third-order valence-corrected chi connectivity index (χ3v) is 6.73. The number of piperidine rings is 1. The molecule has 0 bridgehead atoms. The smallest absolute Gasteiger partial charge is 0.307 e. The van der Waals surface area contributed by atoms with E-state index in [1.54, 1.807) is 30.5 Å². The first kappa shape index (κ1) is 16.9. The number of benzene rings is 1. The van der Waals surface area contributed by atoms with E-state index in [1.807, 2.05) is 13.8 Å². The summed E-state index contributed by atoms with van der Waals surface area (Å²) in [6, 6.07) is 6.56. The molecule has 24 heavy (non-hydrogen) atoms. The van der Waals surface area contributed by atoms with Crippen LogP contribution in [0.3, 0.4) is 0 Å². The Bertz CT molecular complexity index is 895. The van der Waals surface area contributed by atoms with E-state index in [0.717, 1.165) is 5.56 Å². The van der Waals surface area contributed by atoms with Crippen LogP contribution < -0.4 is 0 Å². The van der Waals surface area contributed by atoms with Crippen LogP contribution in [0.25, 0.3) is 10.9 Å². The van der Waals surface area contributed by atoms with Crippen molar-refractivity contribution in [3.63, 3.8) is 0 Å². The molecule has 1 aromatic heterocycles. The number of carboxylic acid groups (broad SMARTS) is 1. The minimum atomic E-state index is -3.79. The molecule has 2 heterocycles. The lowest BCUT2D eigenvalue weighted by atomic mass is 9.96. The van der Waals surface area contributed by atoms with E-state index in [2.05, 4.69) is 4.98 Å². The number of nitrogens with zero attached hydrogens (tertiary/aromatic N) is 2. The molecule has 1 saturated heterocycles. The minimum Gasteiger partial charge on any atom is -0.481 e. The standard InChI is InChI=1S/C17H20N2O4S/c1-11-5-8-15(14-4-3-9-18-16(11)14)24(22,23)19-10-13(17(20)21)7-6-12(19)2/h3-5,8-9,12-13H,6-7,10H2,1-2H3,(H,20,21). The van der Waals surface area contributed by atoms with Gasteiger partial charge in [-0.2, -0.15) is 4.31 Å². The van der Waals surface area contributed by atoms with E-state index in [1.165, 1.54) is 4.31 Å². The Labute approximate surface area is 141 Å². The fourth-order valence-electron chi connectivity index (χ4n) is 3.25. The number of hydrogen-bond acceptors (Lipinski definition) is 4. The molecule has 128 valence electrons. The number of carboxylic acids is 1. The molecule has 1 aromatic carbocycles. The van der Waals surface area contributed by atoms with Gasteiger partial charge in [-0.25, -0.2) is 8.42 Å². The second kappa shape index (κ2) is 6.14. The van der Waals surface area contributed by atoms with Crippen molar-refractivity contribution in [3.8, 4) is 0 Å². The van der Waals surface area contributed by atoms with Crippen LogP contribution in [0.5, 0.6) is 0 Å². The zero-order chi connectivity index (χ0) is 17.5. The second-order valence-electron chi connectivity index (χ2n) is 6.32. The Morgan fingerprint density at radius 2 is 2.04 bits per heavy atom. The fourth-order valence-corrected chi connectivity index (χ4v) is 5.14. The predicted octanol–water partition coefficient (Wildman–Crippen LogP) is 2.42. The highest BCUT2D eigenvalue weighted by atomic mass is 32.2. The number of aromatic nitrogens is 1. The van der Waals surface area contributed by atoms with Gasteiger partial charge in [0.05, 0.1) is 16.3 Å². The fraction of sp³-hybridized carbons (Fsp3) is 0.412. The maximum atomic E-state index is 13.2. The molecule has 3 rings (SSSR count). The lowest BCUT2D eigenvalue weighted by Crippen LogP contribution is -2.47.